The molecule has 0 spiro atoms. The summed E-state index contributed by atoms with van der Waals surface area (Å²) in [6, 6.07) is 9.26. The Hall–Kier alpha value is -0.460. The van der Waals surface area contributed by atoms with E-state index in [1.807, 2.05) is 23.6 Å². The predicted octanol–water partition coefficient (Wildman–Crippen LogP) is 4.48. The van der Waals surface area contributed by atoms with E-state index in [-0.39, 0.29) is 0 Å². The summed E-state index contributed by atoms with van der Waals surface area (Å²) in [6.07, 6.45) is 5.64. The quantitative estimate of drug-likeness (QED) is 0.790. The number of nitrogens with zero attached hydrogens (tertiary/aromatic N) is 1. The topological polar surface area (TPSA) is 24.9 Å². The number of rotatable bonds is 3. The Labute approximate surface area is 131 Å². The van der Waals surface area contributed by atoms with Crippen LogP contribution in [-0.4, -0.2) is 4.98 Å². The molecular weight excluding hydrogens is 367 g/mol. The average Bonchev–Trinajstić information content (AvgIpc) is 2.81. The Balaban J connectivity index is 1.77. The molecule has 0 fully saturated rings. The van der Waals surface area contributed by atoms with Crippen molar-refractivity contribution in [3.05, 3.63) is 49.5 Å². The maximum Gasteiger partial charge on any atom is 0.0659 e. The van der Waals surface area contributed by atoms with Crippen LogP contribution in [0.1, 0.15) is 48.0 Å². The molecule has 100 valence electrons. The number of fused-ring (bicyclic) bond motifs is 1. The second-order valence-electron chi connectivity index (χ2n) is 5.02. The van der Waals surface area contributed by atoms with Crippen LogP contribution in [0.4, 0.5) is 0 Å². The molecule has 0 amide bonds. The standard InChI is InChI=1S/C15H17IN2S/c1-10(12-5-2-3-8-17-12)18-13-6-4-7-14-11(13)9-15(16)19-14/h2-3,5,8-10,13,18H,4,6-7H2,1H3. The maximum atomic E-state index is 4.44. The number of hydrogen-bond donors (Lipinski definition) is 1. The number of halogens is 1. The summed E-state index contributed by atoms with van der Waals surface area (Å²) in [5.74, 6) is 0. The first-order valence-electron chi connectivity index (χ1n) is 6.69. The average molecular weight is 384 g/mol. The molecule has 3 rings (SSSR count). The lowest BCUT2D eigenvalue weighted by atomic mass is 9.93. The maximum absolute atomic E-state index is 4.44. The largest absolute Gasteiger partial charge is 0.302 e. The summed E-state index contributed by atoms with van der Waals surface area (Å²) < 4.78 is 1.40. The summed E-state index contributed by atoms with van der Waals surface area (Å²) in [6.45, 7) is 2.20. The van der Waals surface area contributed by atoms with Crippen molar-refractivity contribution in [1.82, 2.24) is 10.3 Å². The van der Waals surface area contributed by atoms with Gasteiger partial charge in [-0.1, -0.05) is 6.07 Å². The van der Waals surface area contributed by atoms with Crippen molar-refractivity contribution in [2.75, 3.05) is 0 Å². The van der Waals surface area contributed by atoms with Crippen molar-refractivity contribution >= 4 is 33.9 Å². The smallest absolute Gasteiger partial charge is 0.0659 e. The summed E-state index contributed by atoms with van der Waals surface area (Å²) in [5, 5.41) is 3.75. The number of aromatic nitrogens is 1. The molecule has 0 aliphatic heterocycles. The van der Waals surface area contributed by atoms with Gasteiger partial charge < -0.3 is 5.32 Å². The number of aryl methyl sites for hydroxylation is 1. The molecule has 4 heteroatoms. The molecule has 2 unspecified atom stereocenters. The summed E-state index contributed by atoms with van der Waals surface area (Å²) in [7, 11) is 0. The molecular formula is C15H17IN2S. The van der Waals surface area contributed by atoms with Gasteiger partial charge >= 0.3 is 0 Å². The summed E-state index contributed by atoms with van der Waals surface area (Å²) in [5.41, 5.74) is 2.64. The molecule has 0 bridgehead atoms. The Morgan fingerprint density at radius 3 is 3.16 bits per heavy atom. The van der Waals surface area contributed by atoms with E-state index in [0.717, 1.165) is 5.69 Å². The van der Waals surface area contributed by atoms with Crippen LogP contribution in [0.25, 0.3) is 0 Å². The molecule has 2 aromatic heterocycles. The van der Waals surface area contributed by atoms with Gasteiger partial charge in [0, 0.05) is 23.2 Å². The molecule has 2 atom stereocenters. The molecule has 2 heterocycles. The van der Waals surface area contributed by atoms with Crippen LogP contribution in [0.15, 0.2) is 30.5 Å². The van der Waals surface area contributed by atoms with E-state index in [0.29, 0.717) is 12.1 Å². The van der Waals surface area contributed by atoms with Gasteiger partial charge in [-0.05, 0) is 72.5 Å². The highest BCUT2D eigenvalue weighted by Gasteiger charge is 2.24. The van der Waals surface area contributed by atoms with Gasteiger partial charge in [-0.25, -0.2) is 0 Å². The van der Waals surface area contributed by atoms with Gasteiger partial charge in [0.2, 0.25) is 0 Å². The third-order valence-electron chi connectivity index (χ3n) is 3.67. The van der Waals surface area contributed by atoms with E-state index in [1.54, 1.807) is 4.88 Å². The van der Waals surface area contributed by atoms with E-state index in [2.05, 4.69) is 58.0 Å². The van der Waals surface area contributed by atoms with Gasteiger partial charge in [0.1, 0.15) is 0 Å². The van der Waals surface area contributed by atoms with E-state index in [9.17, 15) is 0 Å². The third kappa shape index (κ3) is 3.01. The van der Waals surface area contributed by atoms with Crippen molar-refractivity contribution in [1.29, 1.82) is 0 Å². The van der Waals surface area contributed by atoms with Crippen LogP contribution in [0.5, 0.6) is 0 Å². The fraction of sp³-hybridized carbons (Fsp3) is 0.400. The highest BCUT2D eigenvalue weighted by molar-refractivity contribution is 14.1. The monoisotopic (exact) mass is 384 g/mol. The Bertz CT molecular complexity index is 553. The lowest BCUT2D eigenvalue weighted by Crippen LogP contribution is -2.27. The van der Waals surface area contributed by atoms with E-state index < -0.39 is 0 Å². The molecule has 1 N–H and O–H groups in total. The van der Waals surface area contributed by atoms with Crippen LogP contribution in [0.3, 0.4) is 0 Å². The zero-order valence-corrected chi connectivity index (χ0v) is 13.9. The zero-order chi connectivity index (χ0) is 13.2. The molecule has 1 aliphatic carbocycles. The van der Waals surface area contributed by atoms with Gasteiger partial charge in [-0.15, -0.1) is 11.3 Å². The molecule has 0 saturated heterocycles. The summed E-state index contributed by atoms with van der Waals surface area (Å²) in [4.78, 5) is 6.01. The van der Waals surface area contributed by atoms with Gasteiger partial charge in [-0.2, -0.15) is 0 Å². The highest BCUT2D eigenvalue weighted by atomic mass is 127. The predicted molar refractivity (Wildman–Crippen MR) is 88.5 cm³/mol. The van der Waals surface area contributed by atoms with E-state index in [1.165, 1.54) is 27.7 Å². The SMILES string of the molecule is CC(NC1CCCc2sc(I)cc21)c1ccccn1. The van der Waals surface area contributed by atoms with E-state index in [4.69, 9.17) is 0 Å². The Morgan fingerprint density at radius 2 is 2.37 bits per heavy atom. The van der Waals surface area contributed by atoms with E-state index >= 15 is 0 Å². The number of nitrogens with one attached hydrogen (secondary N) is 1. The molecule has 2 nitrogen and oxygen atoms in total. The normalized spacial score (nSPS) is 20.0. The van der Waals surface area contributed by atoms with Crippen LogP contribution < -0.4 is 5.32 Å². The van der Waals surface area contributed by atoms with Gasteiger partial charge in [0.05, 0.1) is 8.58 Å². The number of hydrogen-bond acceptors (Lipinski definition) is 3. The zero-order valence-electron chi connectivity index (χ0n) is 10.9. The fourth-order valence-electron chi connectivity index (χ4n) is 2.71. The molecule has 0 saturated carbocycles. The van der Waals surface area contributed by atoms with Gasteiger partial charge in [0.15, 0.2) is 0 Å². The molecule has 19 heavy (non-hydrogen) atoms. The second kappa shape index (κ2) is 5.89. The number of pyridine rings is 1. The van der Waals surface area contributed by atoms with Crippen LogP contribution in [0, 0.1) is 2.88 Å². The fourth-order valence-corrected chi connectivity index (χ4v) is 4.83. The first-order valence-corrected chi connectivity index (χ1v) is 8.58. The minimum atomic E-state index is 0.301. The highest BCUT2D eigenvalue weighted by Crippen LogP contribution is 2.37. The van der Waals surface area contributed by atoms with Gasteiger partial charge in [-0.3, -0.25) is 4.98 Å². The first kappa shape index (κ1) is 13.5. The van der Waals surface area contributed by atoms with Crippen molar-refractivity contribution < 1.29 is 0 Å². The van der Waals surface area contributed by atoms with Crippen LogP contribution in [-0.2, 0) is 6.42 Å². The lowest BCUT2D eigenvalue weighted by Gasteiger charge is -2.27. The molecule has 2 aromatic rings. The van der Waals surface area contributed by atoms with Crippen LogP contribution >= 0.6 is 33.9 Å². The molecule has 0 radical (unpaired) electrons. The van der Waals surface area contributed by atoms with Gasteiger partial charge in [0.25, 0.3) is 0 Å². The van der Waals surface area contributed by atoms with Crippen LogP contribution in [0.2, 0.25) is 0 Å². The molecule has 0 aromatic carbocycles. The van der Waals surface area contributed by atoms with Crippen molar-refractivity contribution in [3.8, 4) is 0 Å². The number of thiophene rings is 1. The minimum Gasteiger partial charge on any atom is -0.302 e. The Morgan fingerprint density at radius 1 is 1.47 bits per heavy atom. The van der Waals surface area contributed by atoms with Crippen molar-refractivity contribution in [3.63, 3.8) is 0 Å². The molecule has 1 aliphatic rings. The lowest BCUT2D eigenvalue weighted by molar-refractivity contribution is 0.414. The summed E-state index contributed by atoms with van der Waals surface area (Å²) >= 11 is 4.38. The van der Waals surface area contributed by atoms with Crippen molar-refractivity contribution in [2.45, 2.75) is 38.3 Å². The minimum absolute atomic E-state index is 0.301. The van der Waals surface area contributed by atoms with Crippen molar-refractivity contribution in [2.24, 2.45) is 0 Å². The second-order valence-corrected chi connectivity index (χ2v) is 8.05. The first-order chi connectivity index (χ1) is 9.24. The Kier molecular flexibility index (Phi) is 4.19. The third-order valence-corrected chi connectivity index (χ3v) is 5.64.